The first-order valence-corrected chi connectivity index (χ1v) is 6.17. The Labute approximate surface area is 107 Å². The predicted octanol–water partition coefficient (Wildman–Crippen LogP) is 0.460. The van der Waals surface area contributed by atoms with Gasteiger partial charge in [-0.1, -0.05) is 30.3 Å². The molecule has 0 aromatic heterocycles. The van der Waals surface area contributed by atoms with E-state index in [1.807, 2.05) is 30.3 Å². The van der Waals surface area contributed by atoms with E-state index in [1.54, 1.807) is 0 Å². The van der Waals surface area contributed by atoms with Crippen LogP contribution >= 0.6 is 0 Å². The fraction of sp³-hybridized carbons (Fsp3) is 0.462. The summed E-state index contributed by atoms with van der Waals surface area (Å²) in [5.41, 5.74) is 6.61. The van der Waals surface area contributed by atoms with Crippen LogP contribution in [0.3, 0.4) is 0 Å². The second-order valence-corrected chi connectivity index (χ2v) is 4.47. The molecule has 1 aromatic carbocycles. The van der Waals surface area contributed by atoms with Crippen molar-refractivity contribution in [3.63, 3.8) is 0 Å². The highest BCUT2D eigenvalue weighted by Crippen LogP contribution is 2.07. The minimum absolute atomic E-state index is 0.0678. The molecule has 1 aliphatic heterocycles. The minimum atomic E-state index is -0.383. The van der Waals surface area contributed by atoms with Gasteiger partial charge in [-0.25, -0.2) is 4.79 Å². The lowest BCUT2D eigenvalue weighted by Crippen LogP contribution is -2.42. The third kappa shape index (κ3) is 3.45. The van der Waals surface area contributed by atoms with Gasteiger partial charge in [0, 0.05) is 25.0 Å². The Morgan fingerprint density at radius 1 is 1.39 bits per heavy atom. The van der Waals surface area contributed by atoms with Gasteiger partial charge in [-0.3, -0.25) is 0 Å². The largest absolute Gasteiger partial charge is 0.445 e. The zero-order valence-corrected chi connectivity index (χ0v) is 10.3. The van der Waals surface area contributed by atoms with Crippen LogP contribution in [0.2, 0.25) is 0 Å². The van der Waals surface area contributed by atoms with Crippen molar-refractivity contribution in [2.75, 3.05) is 19.6 Å². The molecule has 2 unspecified atom stereocenters. The van der Waals surface area contributed by atoms with Crippen LogP contribution in [-0.4, -0.2) is 31.8 Å². The molecule has 4 N–H and O–H groups in total. The molecule has 2 rings (SSSR count). The van der Waals surface area contributed by atoms with Crippen LogP contribution in [0.25, 0.3) is 0 Å². The van der Waals surface area contributed by atoms with E-state index in [0.717, 1.165) is 18.7 Å². The van der Waals surface area contributed by atoms with E-state index >= 15 is 0 Å². The summed E-state index contributed by atoms with van der Waals surface area (Å²) in [7, 11) is 0. The molecule has 0 radical (unpaired) electrons. The van der Waals surface area contributed by atoms with E-state index in [9.17, 15) is 4.79 Å². The van der Waals surface area contributed by atoms with Gasteiger partial charge >= 0.3 is 6.09 Å². The molecule has 5 nitrogen and oxygen atoms in total. The van der Waals surface area contributed by atoms with Crippen molar-refractivity contribution in [1.82, 2.24) is 10.6 Å². The number of alkyl carbamates (subject to hydrolysis) is 1. The van der Waals surface area contributed by atoms with Gasteiger partial charge in [-0.15, -0.1) is 0 Å². The molecule has 1 aromatic rings. The molecule has 0 spiro atoms. The summed E-state index contributed by atoms with van der Waals surface area (Å²) in [6.45, 7) is 2.46. The van der Waals surface area contributed by atoms with E-state index in [0.29, 0.717) is 13.2 Å². The van der Waals surface area contributed by atoms with Crippen molar-refractivity contribution in [1.29, 1.82) is 0 Å². The Morgan fingerprint density at radius 2 is 2.17 bits per heavy atom. The Morgan fingerprint density at radius 3 is 2.89 bits per heavy atom. The van der Waals surface area contributed by atoms with Crippen molar-refractivity contribution in [3.05, 3.63) is 35.9 Å². The standard InChI is InChI=1S/C13H19N3O2/c14-6-11-7-15-8-12(11)16-13(17)18-9-10-4-2-1-3-5-10/h1-5,11-12,15H,6-9,14H2,(H,16,17). The van der Waals surface area contributed by atoms with Gasteiger partial charge in [-0.2, -0.15) is 0 Å². The molecule has 2 atom stereocenters. The highest BCUT2D eigenvalue weighted by atomic mass is 16.5. The van der Waals surface area contributed by atoms with E-state index < -0.39 is 0 Å². The second kappa shape index (κ2) is 6.37. The Balaban J connectivity index is 1.75. The summed E-state index contributed by atoms with van der Waals surface area (Å²) < 4.78 is 5.16. The maximum atomic E-state index is 11.6. The summed E-state index contributed by atoms with van der Waals surface area (Å²) in [6, 6.07) is 9.68. The highest BCUT2D eigenvalue weighted by Gasteiger charge is 2.27. The topological polar surface area (TPSA) is 76.4 Å². The number of amides is 1. The lowest BCUT2D eigenvalue weighted by Gasteiger charge is -2.18. The molecule has 1 fully saturated rings. The van der Waals surface area contributed by atoms with Gasteiger partial charge in [0.25, 0.3) is 0 Å². The van der Waals surface area contributed by atoms with Crippen molar-refractivity contribution in [3.8, 4) is 0 Å². The first kappa shape index (κ1) is 12.9. The zero-order chi connectivity index (χ0) is 12.8. The molecule has 5 heteroatoms. The monoisotopic (exact) mass is 249 g/mol. The quantitative estimate of drug-likeness (QED) is 0.724. The SMILES string of the molecule is NCC1CNCC1NC(=O)OCc1ccccc1. The lowest BCUT2D eigenvalue weighted by atomic mass is 10.0. The number of carbonyl (C=O) groups excluding carboxylic acids is 1. The molecule has 1 saturated heterocycles. The summed E-state index contributed by atoms with van der Waals surface area (Å²) in [5, 5.41) is 6.05. The van der Waals surface area contributed by atoms with Crippen LogP contribution in [0, 0.1) is 5.92 Å². The molecule has 1 aliphatic rings. The Bertz CT molecular complexity index is 383. The molecular weight excluding hydrogens is 230 g/mol. The normalized spacial score (nSPS) is 22.7. The van der Waals surface area contributed by atoms with Crippen LogP contribution in [0.1, 0.15) is 5.56 Å². The van der Waals surface area contributed by atoms with Crippen molar-refractivity contribution in [2.24, 2.45) is 11.7 Å². The van der Waals surface area contributed by atoms with E-state index in [-0.39, 0.29) is 18.1 Å². The van der Waals surface area contributed by atoms with E-state index in [2.05, 4.69) is 10.6 Å². The molecule has 98 valence electrons. The summed E-state index contributed by atoms with van der Waals surface area (Å²) in [5.74, 6) is 0.286. The third-order valence-electron chi connectivity index (χ3n) is 3.16. The maximum absolute atomic E-state index is 11.6. The van der Waals surface area contributed by atoms with Crippen LogP contribution in [-0.2, 0) is 11.3 Å². The number of nitrogens with two attached hydrogens (primary N) is 1. The second-order valence-electron chi connectivity index (χ2n) is 4.47. The molecule has 1 heterocycles. The lowest BCUT2D eigenvalue weighted by molar-refractivity contribution is 0.134. The Kier molecular flexibility index (Phi) is 4.55. The molecule has 18 heavy (non-hydrogen) atoms. The van der Waals surface area contributed by atoms with Gasteiger partial charge < -0.3 is 21.1 Å². The van der Waals surface area contributed by atoms with Gasteiger partial charge in [0.05, 0.1) is 0 Å². The molecule has 0 saturated carbocycles. The minimum Gasteiger partial charge on any atom is -0.445 e. The predicted molar refractivity (Wildman–Crippen MR) is 69.0 cm³/mol. The number of hydrogen-bond donors (Lipinski definition) is 3. The smallest absolute Gasteiger partial charge is 0.407 e. The van der Waals surface area contributed by atoms with Crippen LogP contribution < -0.4 is 16.4 Å². The van der Waals surface area contributed by atoms with Crippen LogP contribution in [0.4, 0.5) is 4.79 Å². The van der Waals surface area contributed by atoms with Crippen molar-refractivity contribution >= 4 is 6.09 Å². The summed E-state index contributed by atoms with van der Waals surface area (Å²) in [6.07, 6.45) is -0.383. The fourth-order valence-corrected chi connectivity index (χ4v) is 2.07. The van der Waals surface area contributed by atoms with Gasteiger partial charge in [0.15, 0.2) is 0 Å². The van der Waals surface area contributed by atoms with E-state index in [4.69, 9.17) is 10.5 Å². The molecule has 0 bridgehead atoms. The highest BCUT2D eigenvalue weighted by molar-refractivity contribution is 5.67. The number of rotatable bonds is 4. The summed E-state index contributed by atoms with van der Waals surface area (Å²) >= 11 is 0. The number of ether oxygens (including phenoxy) is 1. The van der Waals surface area contributed by atoms with E-state index in [1.165, 1.54) is 0 Å². The van der Waals surface area contributed by atoms with Crippen molar-refractivity contribution in [2.45, 2.75) is 12.6 Å². The molecular formula is C13H19N3O2. The van der Waals surface area contributed by atoms with Crippen LogP contribution in [0.5, 0.6) is 0 Å². The van der Waals surface area contributed by atoms with Crippen LogP contribution in [0.15, 0.2) is 30.3 Å². The molecule has 1 amide bonds. The van der Waals surface area contributed by atoms with Gasteiger partial charge in [0.1, 0.15) is 6.61 Å². The first-order chi connectivity index (χ1) is 8.79. The van der Waals surface area contributed by atoms with Crippen molar-refractivity contribution < 1.29 is 9.53 Å². The number of nitrogens with one attached hydrogen (secondary N) is 2. The Hall–Kier alpha value is -1.59. The molecule has 0 aliphatic carbocycles. The number of carbonyl (C=O) groups is 1. The number of benzene rings is 1. The average molecular weight is 249 g/mol. The van der Waals surface area contributed by atoms with Gasteiger partial charge in [-0.05, 0) is 12.1 Å². The average Bonchev–Trinajstić information content (AvgIpc) is 2.85. The first-order valence-electron chi connectivity index (χ1n) is 6.17. The van der Waals surface area contributed by atoms with Gasteiger partial charge in [0.2, 0.25) is 0 Å². The maximum Gasteiger partial charge on any atom is 0.407 e. The zero-order valence-electron chi connectivity index (χ0n) is 10.3. The fourth-order valence-electron chi connectivity index (χ4n) is 2.07. The summed E-state index contributed by atoms with van der Waals surface area (Å²) in [4.78, 5) is 11.6. The third-order valence-corrected chi connectivity index (χ3v) is 3.16. The number of hydrogen-bond acceptors (Lipinski definition) is 4.